The zero-order valence-corrected chi connectivity index (χ0v) is 17.6. The highest BCUT2D eigenvalue weighted by atomic mass is 35.5. The molecule has 28 heavy (non-hydrogen) atoms. The molecule has 0 aliphatic rings. The molecule has 3 rings (SSSR count). The first-order valence-corrected chi connectivity index (χ1v) is 10.6. The number of hydrogen-bond donors (Lipinski definition) is 1. The van der Waals surface area contributed by atoms with E-state index in [0.717, 1.165) is 16.3 Å². The predicted octanol–water partition coefficient (Wildman–Crippen LogP) is 4.52. The Morgan fingerprint density at radius 3 is 2.61 bits per heavy atom. The molecule has 0 radical (unpaired) electrons. The molecule has 1 amide bonds. The SMILES string of the molecule is Cc1nc(C[C@H](CC(=O)O)C(=O)N(C)c2nc(-c3ccccc3Cl)cs2)cs1. The van der Waals surface area contributed by atoms with E-state index in [-0.39, 0.29) is 18.7 Å². The van der Waals surface area contributed by atoms with E-state index in [0.29, 0.717) is 15.8 Å². The largest absolute Gasteiger partial charge is 0.481 e. The Kier molecular flexibility index (Phi) is 6.43. The summed E-state index contributed by atoms with van der Waals surface area (Å²) < 4.78 is 0. The van der Waals surface area contributed by atoms with Crippen LogP contribution in [0.3, 0.4) is 0 Å². The Morgan fingerprint density at radius 2 is 1.96 bits per heavy atom. The summed E-state index contributed by atoms with van der Waals surface area (Å²) in [4.78, 5) is 34.5. The van der Waals surface area contributed by atoms with Crippen molar-refractivity contribution in [3.05, 3.63) is 50.7 Å². The molecule has 1 atom stereocenters. The summed E-state index contributed by atoms with van der Waals surface area (Å²) in [6.45, 7) is 1.88. The quantitative estimate of drug-likeness (QED) is 0.589. The number of thiazole rings is 2. The van der Waals surface area contributed by atoms with E-state index in [1.807, 2.05) is 35.9 Å². The van der Waals surface area contributed by atoms with Crippen molar-refractivity contribution in [2.75, 3.05) is 11.9 Å². The van der Waals surface area contributed by atoms with Gasteiger partial charge >= 0.3 is 5.97 Å². The van der Waals surface area contributed by atoms with Crippen molar-refractivity contribution in [3.8, 4) is 11.3 Å². The Morgan fingerprint density at radius 1 is 1.21 bits per heavy atom. The number of nitrogens with zero attached hydrogens (tertiary/aromatic N) is 3. The smallest absolute Gasteiger partial charge is 0.304 e. The fourth-order valence-corrected chi connectivity index (χ4v) is 4.44. The molecule has 2 aromatic heterocycles. The molecule has 146 valence electrons. The maximum absolute atomic E-state index is 13.0. The zero-order valence-electron chi connectivity index (χ0n) is 15.3. The van der Waals surface area contributed by atoms with Gasteiger partial charge in [-0.2, -0.15) is 0 Å². The van der Waals surface area contributed by atoms with Gasteiger partial charge in [0, 0.05) is 34.8 Å². The highest BCUT2D eigenvalue weighted by Gasteiger charge is 2.28. The van der Waals surface area contributed by atoms with E-state index in [4.69, 9.17) is 11.6 Å². The Labute approximate surface area is 175 Å². The van der Waals surface area contributed by atoms with E-state index in [2.05, 4.69) is 9.97 Å². The number of benzene rings is 1. The van der Waals surface area contributed by atoms with Gasteiger partial charge in [-0.15, -0.1) is 22.7 Å². The summed E-state index contributed by atoms with van der Waals surface area (Å²) in [6, 6.07) is 7.35. The third kappa shape index (κ3) is 4.76. The van der Waals surface area contributed by atoms with Crippen molar-refractivity contribution < 1.29 is 14.7 Å². The predicted molar refractivity (Wildman–Crippen MR) is 112 cm³/mol. The summed E-state index contributed by atoms with van der Waals surface area (Å²) in [6.07, 6.45) is 0.0189. The van der Waals surface area contributed by atoms with Crippen LogP contribution in [0, 0.1) is 12.8 Å². The average molecular weight is 436 g/mol. The van der Waals surface area contributed by atoms with Crippen LogP contribution in [0.4, 0.5) is 5.13 Å². The van der Waals surface area contributed by atoms with E-state index >= 15 is 0 Å². The molecule has 0 aliphatic carbocycles. The number of carboxylic acids is 1. The fourth-order valence-electron chi connectivity index (χ4n) is 2.79. The Hall–Kier alpha value is -2.29. The first-order valence-electron chi connectivity index (χ1n) is 8.46. The molecule has 0 saturated carbocycles. The molecular formula is C19H18ClN3O3S2. The second-order valence-corrected chi connectivity index (χ2v) is 8.56. The van der Waals surface area contributed by atoms with Gasteiger partial charge in [0.25, 0.3) is 0 Å². The number of halogens is 1. The number of aryl methyl sites for hydroxylation is 1. The molecule has 1 N–H and O–H groups in total. The summed E-state index contributed by atoms with van der Waals surface area (Å²) in [5.41, 5.74) is 2.19. The first-order chi connectivity index (χ1) is 13.3. The monoisotopic (exact) mass is 435 g/mol. The van der Waals surface area contributed by atoms with Crippen molar-refractivity contribution in [3.63, 3.8) is 0 Å². The number of hydrogen-bond acceptors (Lipinski definition) is 6. The van der Waals surface area contributed by atoms with E-state index in [1.165, 1.54) is 27.6 Å². The van der Waals surface area contributed by atoms with Gasteiger partial charge in [-0.3, -0.25) is 14.5 Å². The van der Waals surface area contributed by atoms with Gasteiger partial charge in [0.1, 0.15) is 0 Å². The Bertz CT molecular complexity index is 1000. The lowest BCUT2D eigenvalue weighted by Gasteiger charge is -2.20. The molecule has 0 unspecified atom stereocenters. The second kappa shape index (κ2) is 8.81. The van der Waals surface area contributed by atoms with E-state index in [9.17, 15) is 14.7 Å². The molecule has 6 nitrogen and oxygen atoms in total. The number of carbonyl (C=O) groups excluding carboxylic acids is 1. The second-order valence-electron chi connectivity index (χ2n) is 6.25. The van der Waals surface area contributed by atoms with Crippen LogP contribution in [0.1, 0.15) is 17.1 Å². The van der Waals surface area contributed by atoms with Crippen molar-refractivity contribution in [2.24, 2.45) is 5.92 Å². The number of aromatic nitrogens is 2. The van der Waals surface area contributed by atoms with Gasteiger partial charge in [0.15, 0.2) is 5.13 Å². The van der Waals surface area contributed by atoms with Crippen LogP contribution in [0.2, 0.25) is 5.02 Å². The molecule has 2 heterocycles. The van der Waals surface area contributed by atoms with Crippen LogP contribution < -0.4 is 4.90 Å². The normalized spacial score (nSPS) is 12.0. The summed E-state index contributed by atoms with van der Waals surface area (Å²) >= 11 is 9.01. The minimum Gasteiger partial charge on any atom is -0.481 e. The first kappa shape index (κ1) is 20.4. The zero-order chi connectivity index (χ0) is 20.3. The molecule has 0 aliphatic heterocycles. The molecule has 0 spiro atoms. The molecule has 0 fully saturated rings. The van der Waals surface area contributed by atoms with Crippen molar-refractivity contribution in [1.29, 1.82) is 0 Å². The van der Waals surface area contributed by atoms with Crippen molar-refractivity contribution >= 4 is 51.3 Å². The Balaban J connectivity index is 1.81. The van der Waals surface area contributed by atoms with Crippen LogP contribution >= 0.6 is 34.3 Å². The number of aliphatic carboxylic acids is 1. The average Bonchev–Trinajstić information content (AvgIpc) is 3.29. The molecule has 0 bridgehead atoms. The van der Waals surface area contributed by atoms with E-state index in [1.54, 1.807) is 13.1 Å². The molecular weight excluding hydrogens is 418 g/mol. The van der Waals surface area contributed by atoms with Gasteiger partial charge in [-0.25, -0.2) is 9.97 Å². The number of anilines is 1. The van der Waals surface area contributed by atoms with Crippen LogP contribution in [-0.2, 0) is 16.0 Å². The number of rotatable bonds is 7. The molecule has 3 aromatic rings. The standard InChI is InChI=1S/C19H18ClN3O3S2/c1-11-21-13(9-27-11)7-12(8-17(24)25)18(26)23(2)19-22-16(10-28-19)14-5-3-4-6-15(14)20/h3-6,9-10,12H,7-8H2,1-2H3,(H,24,25)/t12-/m1/s1. The fraction of sp³-hybridized carbons (Fsp3) is 0.263. The van der Waals surface area contributed by atoms with Crippen molar-refractivity contribution in [2.45, 2.75) is 19.8 Å². The summed E-state index contributed by atoms with van der Waals surface area (Å²) in [5, 5.41) is 14.9. The minimum absolute atomic E-state index is 0.261. The van der Waals surface area contributed by atoms with Gasteiger partial charge < -0.3 is 5.11 Å². The highest BCUT2D eigenvalue weighted by molar-refractivity contribution is 7.14. The highest BCUT2D eigenvalue weighted by Crippen LogP contribution is 2.32. The molecule has 0 saturated heterocycles. The summed E-state index contributed by atoms with van der Waals surface area (Å²) in [7, 11) is 1.61. The lowest BCUT2D eigenvalue weighted by molar-refractivity contribution is -0.140. The van der Waals surface area contributed by atoms with Crippen LogP contribution in [0.5, 0.6) is 0 Å². The van der Waals surface area contributed by atoms with Crippen LogP contribution in [-0.4, -0.2) is 34.0 Å². The maximum Gasteiger partial charge on any atom is 0.304 e. The van der Waals surface area contributed by atoms with Crippen LogP contribution in [0.15, 0.2) is 35.0 Å². The lowest BCUT2D eigenvalue weighted by atomic mass is 9.98. The minimum atomic E-state index is -1.02. The molecule has 1 aromatic carbocycles. The third-order valence-corrected chi connectivity index (χ3v) is 6.22. The number of carbonyl (C=O) groups is 2. The van der Waals surface area contributed by atoms with Gasteiger partial charge in [-0.1, -0.05) is 29.8 Å². The van der Waals surface area contributed by atoms with E-state index < -0.39 is 11.9 Å². The number of carboxylic acid groups (broad SMARTS) is 1. The van der Waals surface area contributed by atoms with Gasteiger partial charge in [0.05, 0.1) is 28.7 Å². The number of amides is 1. The molecule has 9 heteroatoms. The summed E-state index contributed by atoms with van der Waals surface area (Å²) in [5.74, 6) is -2.03. The van der Waals surface area contributed by atoms with Crippen LogP contribution in [0.25, 0.3) is 11.3 Å². The van der Waals surface area contributed by atoms with Gasteiger partial charge in [-0.05, 0) is 13.0 Å². The lowest BCUT2D eigenvalue weighted by Crippen LogP contribution is -2.35. The maximum atomic E-state index is 13.0. The van der Waals surface area contributed by atoms with Crippen molar-refractivity contribution in [1.82, 2.24) is 9.97 Å². The topological polar surface area (TPSA) is 83.4 Å². The third-order valence-electron chi connectivity index (χ3n) is 4.15. The van der Waals surface area contributed by atoms with Gasteiger partial charge in [0.2, 0.25) is 5.91 Å².